The molecule has 8 atom stereocenters. The van der Waals surface area contributed by atoms with E-state index >= 15 is 0 Å². The van der Waals surface area contributed by atoms with E-state index in [4.69, 9.17) is 18.9 Å². The lowest BCUT2D eigenvalue weighted by molar-refractivity contribution is -0.219. The van der Waals surface area contributed by atoms with Crippen LogP contribution in [-0.2, 0) is 12.2 Å². The number of rotatable bonds is 4. The van der Waals surface area contributed by atoms with Crippen LogP contribution in [-0.4, -0.2) is 89.8 Å². The molecule has 0 radical (unpaired) electrons. The summed E-state index contributed by atoms with van der Waals surface area (Å²) >= 11 is 0. The minimum atomic E-state index is -2.50. The third kappa shape index (κ3) is 5.68. The van der Waals surface area contributed by atoms with Gasteiger partial charge in [-0.15, -0.1) is 0 Å². The van der Waals surface area contributed by atoms with Crippen molar-refractivity contribution in [3.8, 4) is 86.2 Å². The number of hydrogen-bond acceptors (Lipinski definition) is 18. The molecule has 0 amide bonds. The van der Waals surface area contributed by atoms with Gasteiger partial charge in [0.2, 0.25) is 0 Å². The predicted molar refractivity (Wildman–Crippen MR) is 212 cm³/mol. The molecular formula is C45H36O18. The van der Waals surface area contributed by atoms with Gasteiger partial charge < -0.3 is 90.4 Å². The lowest BCUT2D eigenvalue weighted by atomic mass is 9.71. The van der Waals surface area contributed by atoms with Crippen LogP contribution in [0, 0.1) is 0 Å². The minimum absolute atomic E-state index is 0.0246. The van der Waals surface area contributed by atoms with Crippen molar-refractivity contribution >= 4 is 0 Å². The monoisotopic (exact) mass is 864 g/mol. The van der Waals surface area contributed by atoms with Crippen molar-refractivity contribution in [2.24, 2.45) is 0 Å². The van der Waals surface area contributed by atoms with Gasteiger partial charge in [-0.2, -0.15) is 0 Å². The summed E-state index contributed by atoms with van der Waals surface area (Å²) in [5, 5.41) is 156. The number of aromatic hydroxyl groups is 11. The zero-order chi connectivity index (χ0) is 44.5. The molecular weight excluding hydrogens is 828 g/mol. The fourth-order valence-corrected chi connectivity index (χ4v) is 9.32. The van der Waals surface area contributed by atoms with Crippen LogP contribution < -0.4 is 18.9 Å². The molecule has 10 rings (SSSR count). The molecule has 63 heavy (non-hydrogen) atoms. The highest BCUT2D eigenvalue weighted by Gasteiger charge is 2.61. The highest BCUT2D eigenvalue weighted by atomic mass is 16.7. The van der Waals surface area contributed by atoms with Crippen molar-refractivity contribution in [2.75, 3.05) is 0 Å². The van der Waals surface area contributed by atoms with Gasteiger partial charge in [0.25, 0.3) is 0 Å². The summed E-state index contributed by atoms with van der Waals surface area (Å²) in [4.78, 5) is 0. The van der Waals surface area contributed by atoms with Crippen LogP contribution >= 0.6 is 0 Å². The molecule has 324 valence electrons. The summed E-state index contributed by atoms with van der Waals surface area (Å²) in [7, 11) is 0. The lowest BCUT2D eigenvalue weighted by Gasteiger charge is -2.51. The van der Waals surface area contributed by atoms with E-state index in [0.717, 1.165) is 48.5 Å². The number of benzene rings is 6. The molecule has 6 aromatic carbocycles. The van der Waals surface area contributed by atoms with Crippen LogP contribution in [0.1, 0.15) is 68.6 Å². The van der Waals surface area contributed by atoms with E-state index in [1.807, 2.05) is 0 Å². The van der Waals surface area contributed by atoms with Crippen LogP contribution in [0.25, 0.3) is 0 Å². The quantitative estimate of drug-likeness (QED) is 0.110. The zero-order valence-corrected chi connectivity index (χ0v) is 32.1. The molecule has 4 aliphatic heterocycles. The molecule has 14 N–H and O–H groups in total. The van der Waals surface area contributed by atoms with E-state index in [1.165, 1.54) is 30.3 Å². The van der Waals surface area contributed by atoms with E-state index in [9.17, 15) is 71.5 Å². The molecule has 2 bridgehead atoms. The van der Waals surface area contributed by atoms with E-state index in [-0.39, 0.29) is 68.2 Å². The second-order valence-corrected chi connectivity index (χ2v) is 15.9. The van der Waals surface area contributed by atoms with Crippen LogP contribution in [0.2, 0.25) is 0 Å². The standard InChI is InChI=1S/C45H36O18/c46-18-10-27(54)33-31(11-18)60-41(16-2-5-21(48)25(52)8-16)39(58)37(33)34-28(55)13-29(56)35-38-36-32(62-45(44(38)59,63-43(34)35)17-3-6-22(49)26(53)9-17)14-23(50)19-12-30(57)40(61-42(19)36)15-1-4-20(47)24(51)7-15/h1-11,13-14,30,37-41,44,46-59H,12H2/t30-,37-,38-,39-,40-,41-,44-,45-/m1/s1. The molecule has 0 unspecified atom stereocenters. The topological polar surface area (TPSA) is 320 Å². The van der Waals surface area contributed by atoms with Gasteiger partial charge in [-0.1, -0.05) is 12.1 Å². The third-order valence-electron chi connectivity index (χ3n) is 12.2. The first-order valence-electron chi connectivity index (χ1n) is 19.3. The first kappa shape index (κ1) is 39.3. The number of ether oxygens (including phenoxy) is 4. The summed E-state index contributed by atoms with van der Waals surface area (Å²) in [6.45, 7) is 0. The van der Waals surface area contributed by atoms with Crippen molar-refractivity contribution in [1.82, 2.24) is 0 Å². The smallest absolute Gasteiger partial charge is 0.305 e. The molecule has 0 aliphatic carbocycles. The fourth-order valence-electron chi connectivity index (χ4n) is 9.32. The Bertz CT molecular complexity index is 2910. The van der Waals surface area contributed by atoms with Gasteiger partial charge in [-0.25, -0.2) is 0 Å². The number of aliphatic hydroxyl groups is 3. The molecule has 0 aromatic heterocycles. The highest BCUT2D eigenvalue weighted by Crippen LogP contribution is 2.65. The summed E-state index contributed by atoms with van der Waals surface area (Å²) in [5.41, 5.74) is -0.635. The Hall–Kier alpha value is -7.80. The Morgan fingerprint density at radius 3 is 1.67 bits per heavy atom. The van der Waals surface area contributed by atoms with Gasteiger partial charge in [0, 0.05) is 64.1 Å². The molecule has 18 heteroatoms. The molecule has 18 nitrogen and oxygen atoms in total. The minimum Gasteiger partial charge on any atom is -0.508 e. The van der Waals surface area contributed by atoms with Crippen LogP contribution in [0.5, 0.6) is 86.2 Å². The largest absolute Gasteiger partial charge is 0.508 e. The summed E-state index contributed by atoms with van der Waals surface area (Å²) in [6.07, 6.45) is -8.09. The average Bonchev–Trinajstić information content (AvgIpc) is 3.22. The number of hydrogen-bond donors (Lipinski definition) is 14. The van der Waals surface area contributed by atoms with E-state index < -0.39 is 117 Å². The SMILES string of the molecule is Oc1cc(O)c2c(c1)O[C@H](c1ccc(O)c(O)c1)[C@H](O)[C@H]2c1c(O)cc(O)c2c1O[C@@]1(c3ccc(O)c(O)c3)Oc3cc(O)c4c(c3[C@@H]2[C@H]1O)O[C@H](c1ccc(O)c(O)c1)[C@H](O)C4. The Morgan fingerprint density at radius 2 is 1.03 bits per heavy atom. The molecule has 0 saturated heterocycles. The third-order valence-corrected chi connectivity index (χ3v) is 12.2. The van der Waals surface area contributed by atoms with Crippen LogP contribution in [0.15, 0.2) is 78.9 Å². The molecule has 6 aromatic rings. The highest BCUT2D eigenvalue weighted by molar-refractivity contribution is 5.72. The number of aliphatic hydroxyl groups excluding tert-OH is 3. The molecule has 0 spiro atoms. The Morgan fingerprint density at radius 1 is 0.444 bits per heavy atom. The zero-order valence-electron chi connectivity index (χ0n) is 32.1. The Kier molecular flexibility index (Phi) is 8.49. The number of phenols is 11. The van der Waals surface area contributed by atoms with Gasteiger partial charge in [-0.3, -0.25) is 0 Å². The van der Waals surface area contributed by atoms with Crippen LogP contribution in [0.3, 0.4) is 0 Å². The fraction of sp³-hybridized carbons (Fsp3) is 0.200. The molecule has 0 fully saturated rings. The van der Waals surface area contributed by atoms with Crippen molar-refractivity contribution < 1.29 is 90.4 Å². The molecule has 4 aliphatic rings. The van der Waals surface area contributed by atoms with Gasteiger partial charge in [0.05, 0.1) is 17.9 Å². The second-order valence-electron chi connectivity index (χ2n) is 15.9. The van der Waals surface area contributed by atoms with Crippen LogP contribution in [0.4, 0.5) is 0 Å². The van der Waals surface area contributed by atoms with E-state index in [1.54, 1.807) is 0 Å². The lowest BCUT2D eigenvalue weighted by Crippen LogP contribution is -2.58. The van der Waals surface area contributed by atoms with Crippen molar-refractivity contribution in [3.63, 3.8) is 0 Å². The summed E-state index contributed by atoms with van der Waals surface area (Å²) in [6, 6.07) is 14.8. The van der Waals surface area contributed by atoms with E-state index in [2.05, 4.69) is 0 Å². The predicted octanol–water partition coefficient (Wildman–Crippen LogP) is 4.24. The van der Waals surface area contributed by atoms with Gasteiger partial charge in [0.1, 0.15) is 70.1 Å². The van der Waals surface area contributed by atoms with Gasteiger partial charge in [0.15, 0.2) is 40.6 Å². The maximum atomic E-state index is 12.7. The van der Waals surface area contributed by atoms with Gasteiger partial charge in [-0.05, 0) is 53.6 Å². The number of fused-ring (bicyclic) bond motifs is 9. The summed E-state index contributed by atoms with van der Waals surface area (Å²) < 4.78 is 25.7. The maximum Gasteiger partial charge on any atom is 0.305 e. The van der Waals surface area contributed by atoms with E-state index in [0.29, 0.717) is 0 Å². The Balaban J connectivity index is 1.25. The normalized spacial score (nSPS) is 25.2. The summed E-state index contributed by atoms with van der Waals surface area (Å²) in [5.74, 6) is -12.9. The molecule has 0 saturated carbocycles. The number of phenolic OH excluding ortho intramolecular Hbond substituents is 11. The van der Waals surface area contributed by atoms with Crippen molar-refractivity contribution in [2.45, 2.75) is 54.6 Å². The second kappa shape index (κ2) is 13.6. The van der Waals surface area contributed by atoms with Crippen molar-refractivity contribution in [1.29, 1.82) is 0 Å². The van der Waals surface area contributed by atoms with Gasteiger partial charge >= 0.3 is 5.79 Å². The average molecular weight is 865 g/mol. The molecule has 4 heterocycles. The maximum absolute atomic E-state index is 12.7. The Labute approximate surface area is 354 Å². The first-order chi connectivity index (χ1) is 30.0. The first-order valence-corrected chi connectivity index (χ1v) is 19.3. The van der Waals surface area contributed by atoms with Crippen molar-refractivity contribution in [3.05, 3.63) is 123 Å².